The second kappa shape index (κ2) is 6.55. The Morgan fingerprint density at radius 2 is 2.11 bits per heavy atom. The molecule has 4 heteroatoms. The van der Waals surface area contributed by atoms with Crippen LogP contribution >= 0.6 is 0 Å². The molecule has 0 aliphatic rings. The highest BCUT2D eigenvalue weighted by Gasteiger charge is 2.19. The van der Waals surface area contributed by atoms with Gasteiger partial charge in [0, 0.05) is 18.0 Å². The molecule has 1 unspecified atom stereocenters. The third-order valence-electron chi connectivity index (χ3n) is 3.77. The number of fused-ring (bicyclic) bond motifs is 1. The molecular formula is C15H24N4. The van der Waals surface area contributed by atoms with E-state index in [1.807, 2.05) is 18.5 Å². The molecule has 104 valence electrons. The van der Waals surface area contributed by atoms with Gasteiger partial charge in [-0.05, 0) is 24.8 Å². The molecule has 0 amide bonds. The van der Waals surface area contributed by atoms with Gasteiger partial charge in [-0.2, -0.15) is 0 Å². The molecule has 0 saturated heterocycles. The molecule has 2 aromatic heterocycles. The third kappa shape index (κ3) is 3.06. The van der Waals surface area contributed by atoms with Gasteiger partial charge in [-0.1, -0.05) is 39.5 Å². The number of rotatable bonds is 7. The van der Waals surface area contributed by atoms with Gasteiger partial charge in [0.25, 0.3) is 0 Å². The normalized spacial score (nSPS) is 12.9. The van der Waals surface area contributed by atoms with Crippen molar-refractivity contribution >= 4 is 11.5 Å². The van der Waals surface area contributed by atoms with E-state index >= 15 is 0 Å². The Morgan fingerprint density at radius 1 is 1.26 bits per heavy atom. The molecule has 2 heterocycles. The zero-order chi connectivity index (χ0) is 13.7. The Bertz CT molecular complexity index is 518. The van der Waals surface area contributed by atoms with Crippen molar-refractivity contribution in [1.82, 2.24) is 14.6 Å². The highest BCUT2D eigenvalue weighted by Crippen LogP contribution is 2.32. The first-order chi connectivity index (χ1) is 9.27. The summed E-state index contributed by atoms with van der Waals surface area (Å²) in [5.41, 5.74) is 8.15. The summed E-state index contributed by atoms with van der Waals surface area (Å²) in [5.74, 6) is 1.12. The van der Waals surface area contributed by atoms with Crippen LogP contribution in [0.25, 0.3) is 5.65 Å². The summed E-state index contributed by atoms with van der Waals surface area (Å²) in [7, 11) is 0. The maximum Gasteiger partial charge on any atom is 0.160 e. The topological polar surface area (TPSA) is 56.2 Å². The van der Waals surface area contributed by atoms with Crippen LogP contribution in [0, 0.1) is 0 Å². The Morgan fingerprint density at radius 3 is 2.84 bits per heavy atom. The quantitative estimate of drug-likeness (QED) is 0.771. The molecule has 0 fully saturated rings. The minimum absolute atomic E-state index is 0.476. The molecule has 0 aromatic carbocycles. The first kappa shape index (κ1) is 13.8. The Balaban J connectivity index is 2.18. The highest BCUT2D eigenvalue weighted by atomic mass is 15.3. The van der Waals surface area contributed by atoms with E-state index in [1.165, 1.54) is 32.1 Å². The van der Waals surface area contributed by atoms with Crippen LogP contribution in [0.2, 0.25) is 0 Å². The fourth-order valence-electron chi connectivity index (χ4n) is 2.68. The molecule has 0 bridgehead atoms. The molecule has 2 aromatic rings. The Labute approximate surface area is 115 Å². The standard InChI is InChI=1S/C15H24N4/c1-3-5-6-7-9-12(4-2)13-14(16)18-19-11-8-10-17-15(13)19/h8,10-12H,3-7,9H2,1-2H3,(H2,16,18). The number of hydrogen-bond donors (Lipinski definition) is 1. The molecule has 0 aliphatic carbocycles. The molecular weight excluding hydrogens is 236 g/mol. The van der Waals surface area contributed by atoms with Gasteiger partial charge in [-0.15, -0.1) is 5.10 Å². The second-order valence-electron chi connectivity index (χ2n) is 5.14. The summed E-state index contributed by atoms with van der Waals surface area (Å²) in [6.45, 7) is 4.46. The van der Waals surface area contributed by atoms with Crippen LogP contribution in [-0.4, -0.2) is 14.6 Å². The summed E-state index contributed by atoms with van der Waals surface area (Å²) in [6, 6.07) is 1.88. The van der Waals surface area contributed by atoms with Crippen LogP contribution in [0.1, 0.15) is 63.9 Å². The summed E-state index contributed by atoms with van der Waals surface area (Å²) in [4.78, 5) is 4.44. The van der Waals surface area contributed by atoms with Crippen molar-refractivity contribution in [3.05, 3.63) is 24.0 Å². The number of nitrogens with two attached hydrogens (primary N) is 1. The maximum absolute atomic E-state index is 6.09. The van der Waals surface area contributed by atoms with Crippen molar-refractivity contribution in [2.75, 3.05) is 5.73 Å². The molecule has 1 atom stereocenters. The van der Waals surface area contributed by atoms with Crippen molar-refractivity contribution in [2.24, 2.45) is 0 Å². The van der Waals surface area contributed by atoms with E-state index in [-0.39, 0.29) is 0 Å². The lowest BCUT2D eigenvalue weighted by Gasteiger charge is -2.14. The lowest BCUT2D eigenvalue weighted by atomic mass is 9.92. The minimum atomic E-state index is 0.476. The molecule has 4 nitrogen and oxygen atoms in total. The van der Waals surface area contributed by atoms with Gasteiger partial charge in [-0.3, -0.25) is 0 Å². The number of nitrogens with zero attached hydrogens (tertiary/aromatic N) is 3. The lowest BCUT2D eigenvalue weighted by molar-refractivity contribution is 0.545. The molecule has 0 aliphatic heterocycles. The van der Waals surface area contributed by atoms with E-state index in [1.54, 1.807) is 4.52 Å². The molecule has 0 spiro atoms. The third-order valence-corrected chi connectivity index (χ3v) is 3.77. The van der Waals surface area contributed by atoms with Crippen molar-refractivity contribution in [2.45, 2.75) is 58.3 Å². The number of unbranched alkanes of at least 4 members (excludes halogenated alkanes) is 3. The average Bonchev–Trinajstić information content (AvgIpc) is 2.75. The van der Waals surface area contributed by atoms with Gasteiger partial charge in [0.2, 0.25) is 0 Å². The fourth-order valence-corrected chi connectivity index (χ4v) is 2.68. The molecule has 19 heavy (non-hydrogen) atoms. The highest BCUT2D eigenvalue weighted by molar-refractivity contribution is 5.60. The second-order valence-corrected chi connectivity index (χ2v) is 5.14. The average molecular weight is 260 g/mol. The van der Waals surface area contributed by atoms with Gasteiger partial charge in [0.1, 0.15) is 0 Å². The first-order valence-electron chi connectivity index (χ1n) is 7.36. The van der Waals surface area contributed by atoms with Gasteiger partial charge in [0.05, 0.1) is 0 Å². The van der Waals surface area contributed by atoms with Crippen LogP contribution in [0.3, 0.4) is 0 Å². The van der Waals surface area contributed by atoms with E-state index < -0.39 is 0 Å². The summed E-state index contributed by atoms with van der Waals surface area (Å²) >= 11 is 0. The number of hydrogen-bond acceptors (Lipinski definition) is 3. The molecule has 2 rings (SSSR count). The van der Waals surface area contributed by atoms with Crippen LogP contribution in [0.15, 0.2) is 18.5 Å². The molecule has 0 radical (unpaired) electrons. The summed E-state index contributed by atoms with van der Waals surface area (Å²) < 4.78 is 1.79. The van der Waals surface area contributed by atoms with Gasteiger partial charge >= 0.3 is 0 Å². The smallest absolute Gasteiger partial charge is 0.160 e. The van der Waals surface area contributed by atoms with Crippen molar-refractivity contribution in [3.8, 4) is 0 Å². The largest absolute Gasteiger partial charge is 0.382 e. The number of aromatic nitrogens is 3. The summed E-state index contributed by atoms with van der Waals surface area (Å²) in [5, 5.41) is 4.36. The van der Waals surface area contributed by atoms with Gasteiger partial charge in [0.15, 0.2) is 11.5 Å². The van der Waals surface area contributed by atoms with Gasteiger partial charge < -0.3 is 5.73 Å². The monoisotopic (exact) mass is 260 g/mol. The van der Waals surface area contributed by atoms with E-state index in [0.717, 1.165) is 17.6 Å². The first-order valence-corrected chi connectivity index (χ1v) is 7.36. The Kier molecular flexibility index (Phi) is 4.77. The number of nitrogen functional groups attached to an aromatic ring is 1. The predicted molar refractivity (Wildman–Crippen MR) is 79.2 cm³/mol. The lowest BCUT2D eigenvalue weighted by Crippen LogP contribution is -2.01. The van der Waals surface area contributed by atoms with E-state index in [9.17, 15) is 0 Å². The van der Waals surface area contributed by atoms with Crippen LogP contribution in [0.4, 0.5) is 5.82 Å². The number of anilines is 1. The maximum atomic E-state index is 6.09. The van der Waals surface area contributed by atoms with Crippen LogP contribution < -0.4 is 5.73 Å². The molecule has 2 N–H and O–H groups in total. The van der Waals surface area contributed by atoms with Crippen molar-refractivity contribution < 1.29 is 0 Å². The SMILES string of the molecule is CCCCCCC(CC)c1c(N)nn2cccnc12. The van der Waals surface area contributed by atoms with Crippen molar-refractivity contribution in [1.29, 1.82) is 0 Å². The minimum Gasteiger partial charge on any atom is -0.382 e. The van der Waals surface area contributed by atoms with Crippen LogP contribution in [-0.2, 0) is 0 Å². The zero-order valence-corrected chi connectivity index (χ0v) is 12.0. The molecule has 0 saturated carbocycles. The van der Waals surface area contributed by atoms with E-state index in [4.69, 9.17) is 5.73 Å². The predicted octanol–water partition coefficient (Wildman–Crippen LogP) is 3.78. The van der Waals surface area contributed by atoms with E-state index in [0.29, 0.717) is 11.7 Å². The van der Waals surface area contributed by atoms with Gasteiger partial charge in [-0.25, -0.2) is 9.50 Å². The van der Waals surface area contributed by atoms with Crippen LogP contribution in [0.5, 0.6) is 0 Å². The fraction of sp³-hybridized carbons (Fsp3) is 0.600. The Hall–Kier alpha value is -1.58. The zero-order valence-electron chi connectivity index (χ0n) is 12.0. The summed E-state index contributed by atoms with van der Waals surface area (Å²) in [6.07, 6.45) is 11.1. The van der Waals surface area contributed by atoms with E-state index in [2.05, 4.69) is 23.9 Å². The van der Waals surface area contributed by atoms with Crippen molar-refractivity contribution in [3.63, 3.8) is 0 Å².